The molecule has 2 fully saturated rings. The molecule has 0 saturated carbocycles. The molecule has 0 radical (unpaired) electrons. The van der Waals surface area contributed by atoms with E-state index >= 15 is 0 Å². The fraction of sp³-hybridized carbons (Fsp3) is 0.667. The number of carbonyl (C=O) groups excluding carboxylic acids is 2. The molecule has 120 valence electrons. The average Bonchev–Trinajstić information content (AvgIpc) is 2.90. The lowest BCUT2D eigenvalue weighted by molar-refractivity contribution is -0.154. The van der Waals surface area contributed by atoms with Crippen LogP contribution in [0.2, 0.25) is 0 Å². The number of aliphatic hydroxyl groups is 1. The van der Waals surface area contributed by atoms with Crippen LogP contribution in [-0.2, 0) is 16.0 Å². The summed E-state index contributed by atoms with van der Waals surface area (Å²) in [6, 6.07) is 0. The number of nitrogens with one attached hydrogen (secondary N) is 1. The SMILES string of the molecule is Cc1nc(CC(=O)N2CC[C@H](O)[C@@]3(CCCNC3=O)C2)cs1. The van der Waals surface area contributed by atoms with E-state index in [9.17, 15) is 14.7 Å². The first-order valence-corrected chi connectivity index (χ1v) is 8.54. The molecule has 3 heterocycles. The van der Waals surface area contributed by atoms with E-state index < -0.39 is 11.5 Å². The van der Waals surface area contributed by atoms with Crippen molar-refractivity contribution in [2.24, 2.45) is 5.41 Å². The van der Waals surface area contributed by atoms with Crippen LogP contribution in [0.3, 0.4) is 0 Å². The lowest BCUT2D eigenvalue weighted by Crippen LogP contribution is -2.62. The van der Waals surface area contributed by atoms with Gasteiger partial charge in [0, 0.05) is 25.0 Å². The highest BCUT2D eigenvalue weighted by Gasteiger charge is 2.50. The Kier molecular flexibility index (Phi) is 4.18. The van der Waals surface area contributed by atoms with E-state index in [1.165, 1.54) is 11.3 Å². The van der Waals surface area contributed by atoms with Gasteiger partial charge in [-0.05, 0) is 26.2 Å². The summed E-state index contributed by atoms with van der Waals surface area (Å²) in [7, 11) is 0. The second-order valence-corrected chi connectivity index (χ2v) is 7.23. The molecule has 2 amide bonds. The predicted molar refractivity (Wildman–Crippen MR) is 82.4 cm³/mol. The molecular weight excluding hydrogens is 302 g/mol. The standard InChI is InChI=1S/C15H21N3O3S/c1-10-17-11(8-22-10)7-13(20)18-6-3-12(19)15(9-18)4-2-5-16-14(15)21/h8,12,19H,2-7,9H2,1H3,(H,16,21)/t12-,15+/m0/s1. The predicted octanol–water partition coefficient (Wildman–Crippen LogP) is 0.484. The van der Waals surface area contributed by atoms with Gasteiger partial charge in [0.25, 0.3) is 0 Å². The number of aryl methyl sites for hydroxylation is 1. The molecule has 3 rings (SSSR count). The number of piperidine rings is 2. The summed E-state index contributed by atoms with van der Waals surface area (Å²) < 4.78 is 0. The maximum Gasteiger partial charge on any atom is 0.230 e. The molecule has 0 aromatic carbocycles. The molecule has 6 nitrogen and oxygen atoms in total. The summed E-state index contributed by atoms with van der Waals surface area (Å²) in [5.74, 6) is -0.136. The van der Waals surface area contributed by atoms with Crippen molar-refractivity contribution in [1.29, 1.82) is 0 Å². The number of nitrogens with zero attached hydrogens (tertiary/aromatic N) is 2. The Hall–Kier alpha value is -1.47. The molecule has 7 heteroatoms. The monoisotopic (exact) mass is 323 g/mol. The normalized spacial score (nSPS) is 28.7. The summed E-state index contributed by atoms with van der Waals surface area (Å²) in [4.78, 5) is 30.8. The molecule has 1 aromatic rings. The van der Waals surface area contributed by atoms with E-state index in [4.69, 9.17) is 0 Å². The third-order valence-electron chi connectivity index (χ3n) is 4.67. The average molecular weight is 323 g/mol. The number of aromatic nitrogens is 1. The van der Waals surface area contributed by atoms with Crippen LogP contribution in [0.4, 0.5) is 0 Å². The number of carbonyl (C=O) groups is 2. The number of aliphatic hydroxyl groups excluding tert-OH is 1. The van der Waals surface area contributed by atoms with Gasteiger partial charge in [-0.15, -0.1) is 11.3 Å². The minimum atomic E-state index is -0.829. The zero-order chi connectivity index (χ0) is 15.7. The minimum absolute atomic E-state index is 0.0186. The molecule has 0 aliphatic carbocycles. The van der Waals surface area contributed by atoms with Crippen LogP contribution in [0.25, 0.3) is 0 Å². The van der Waals surface area contributed by atoms with E-state index in [-0.39, 0.29) is 18.2 Å². The van der Waals surface area contributed by atoms with Crippen molar-refractivity contribution in [2.45, 2.75) is 38.7 Å². The van der Waals surface area contributed by atoms with Crippen LogP contribution >= 0.6 is 11.3 Å². The molecule has 2 saturated heterocycles. The maximum atomic E-state index is 12.5. The van der Waals surface area contributed by atoms with Crippen molar-refractivity contribution in [1.82, 2.24) is 15.2 Å². The van der Waals surface area contributed by atoms with Crippen molar-refractivity contribution in [3.63, 3.8) is 0 Å². The van der Waals surface area contributed by atoms with Crippen molar-refractivity contribution < 1.29 is 14.7 Å². The van der Waals surface area contributed by atoms with Crippen LogP contribution in [0, 0.1) is 12.3 Å². The number of likely N-dealkylation sites (tertiary alicyclic amines) is 1. The number of thiazole rings is 1. The first-order valence-electron chi connectivity index (χ1n) is 7.66. The van der Waals surface area contributed by atoms with Gasteiger partial charge in [-0.3, -0.25) is 9.59 Å². The van der Waals surface area contributed by atoms with Gasteiger partial charge in [0.05, 0.1) is 28.6 Å². The summed E-state index contributed by atoms with van der Waals surface area (Å²) in [5, 5.41) is 16.0. The van der Waals surface area contributed by atoms with Gasteiger partial charge in [-0.2, -0.15) is 0 Å². The molecule has 0 unspecified atom stereocenters. The number of hydrogen-bond donors (Lipinski definition) is 2. The molecule has 2 aliphatic heterocycles. The van der Waals surface area contributed by atoms with E-state index in [1.807, 2.05) is 12.3 Å². The molecule has 2 atom stereocenters. The van der Waals surface area contributed by atoms with Crippen LogP contribution in [0.5, 0.6) is 0 Å². The smallest absolute Gasteiger partial charge is 0.230 e. The lowest BCUT2D eigenvalue weighted by atomic mass is 9.71. The van der Waals surface area contributed by atoms with Gasteiger partial charge in [-0.25, -0.2) is 4.98 Å². The van der Waals surface area contributed by atoms with E-state index in [2.05, 4.69) is 10.3 Å². The van der Waals surface area contributed by atoms with E-state index in [0.29, 0.717) is 32.5 Å². The number of rotatable bonds is 2. The van der Waals surface area contributed by atoms with Gasteiger partial charge in [-0.1, -0.05) is 0 Å². The van der Waals surface area contributed by atoms with Gasteiger partial charge >= 0.3 is 0 Å². The largest absolute Gasteiger partial charge is 0.392 e. The highest BCUT2D eigenvalue weighted by atomic mass is 32.1. The third-order valence-corrected chi connectivity index (χ3v) is 5.49. The van der Waals surface area contributed by atoms with Crippen molar-refractivity contribution in [3.8, 4) is 0 Å². The first-order chi connectivity index (χ1) is 10.5. The van der Waals surface area contributed by atoms with Crippen LogP contribution in [0.15, 0.2) is 5.38 Å². The maximum absolute atomic E-state index is 12.5. The second-order valence-electron chi connectivity index (χ2n) is 6.17. The summed E-state index contributed by atoms with van der Waals surface area (Å²) >= 11 is 1.53. The second kappa shape index (κ2) is 5.96. The van der Waals surface area contributed by atoms with Crippen molar-refractivity contribution in [3.05, 3.63) is 16.1 Å². The fourth-order valence-corrected chi connectivity index (χ4v) is 4.03. The fourth-order valence-electron chi connectivity index (χ4n) is 3.41. The highest BCUT2D eigenvalue weighted by Crippen LogP contribution is 2.37. The van der Waals surface area contributed by atoms with E-state index in [1.54, 1.807) is 4.90 Å². The van der Waals surface area contributed by atoms with Crippen molar-refractivity contribution in [2.75, 3.05) is 19.6 Å². The summed E-state index contributed by atoms with van der Waals surface area (Å²) in [6.45, 7) is 3.37. The zero-order valence-corrected chi connectivity index (χ0v) is 13.5. The lowest BCUT2D eigenvalue weighted by Gasteiger charge is -2.46. The molecule has 1 spiro atoms. The van der Waals surface area contributed by atoms with Crippen LogP contribution in [-0.4, -0.2) is 52.5 Å². The molecule has 1 aromatic heterocycles. The Labute approximate surface area is 133 Å². The number of hydrogen-bond acceptors (Lipinski definition) is 5. The quantitative estimate of drug-likeness (QED) is 0.829. The van der Waals surface area contributed by atoms with E-state index in [0.717, 1.165) is 17.1 Å². The Morgan fingerprint density at radius 3 is 3.14 bits per heavy atom. The summed E-state index contributed by atoms with van der Waals surface area (Å²) in [6.07, 6.45) is 1.53. The minimum Gasteiger partial charge on any atom is -0.392 e. The van der Waals surface area contributed by atoms with Crippen LogP contribution < -0.4 is 5.32 Å². The van der Waals surface area contributed by atoms with Gasteiger partial charge in [0.2, 0.25) is 11.8 Å². The summed E-state index contributed by atoms with van der Waals surface area (Å²) in [5.41, 5.74) is -0.0507. The topological polar surface area (TPSA) is 82.5 Å². The van der Waals surface area contributed by atoms with Gasteiger partial charge < -0.3 is 15.3 Å². The van der Waals surface area contributed by atoms with Crippen molar-refractivity contribution >= 4 is 23.2 Å². The van der Waals surface area contributed by atoms with Gasteiger partial charge in [0.1, 0.15) is 0 Å². The molecular formula is C15H21N3O3S. The Balaban J connectivity index is 1.72. The first kappa shape index (κ1) is 15.4. The zero-order valence-electron chi connectivity index (χ0n) is 12.7. The molecule has 0 bridgehead atoms. The Bertz CT molecular complexity index is 588. The molecule has 2 aliphatic rings. The van der Waals surface area contributed by atoms with Gasteiger partial charge in [0.15, 0.2) is 0 Å². The molecule has 2 N–H and O–H groups in total. The molecule has 22 heavy (non-hydrogen) atoms. The third kappa shape index (κ3) is 2.75. The Morgan fingerprint density at radius 1 is 1.64 bits per heavy atom. The number of amides is 2. The van der Waals surface area contributed by atoms with Crippen LogP contribution in [0.1, 0.15) is 30.0 Å². The Morgan fingerprint density at radius 2 is 2.45 bits per heavy atom. The highest BCUT2D eigenvalue weighted by molar-refractivity contribution is 7.09.